The molecule has 0 spiro atoms. The van der Waals surface area contributed by atoms with E-state index in [4.69, 9.17) is 9.47 Å². The molecule has 0 saturated carbocycles. The van der Waals surface area contributed by atoms with E-state index in [1.165, 1.54) is 50.4 Å². The van der Waals surface area contributed by atoms with Crippen molar-refractivity contribution in [2.75, 3.05) is 7.11 Å². The molecular weight excluding hydrogens is 452 g/mol. The molecule has 0 bridgehead atoms. The molecule has 33 heavy (non-hydrogen) atoms. The summed E-state index contributed by atoms with van der Waals surface area (Å²) in [4.78, 5) is 23.7. The standard InChI is InChI=1S/C22H18N2O8S/c1-13-3-6-16(12-20(13)33(28,29)30)24-23-15-7-10-19(18(11-15)21(25)26)32-22(27)14-4-8-17(31-2)9-5-14/h3-12H,1-2H3,(H,25,26)(H,28,29,30). The molecule has 0 aliphatic carbocycles. The fourth-order valence-corrected chi connectivity index (χ4v) is 3.51. The predicted molar refractivity (Wildman–Crippen MR) is 117 cm³/mol. The van der Waals surface area contributed by atoms with E-state index in [2.05, 4.69) is 10.2 Å². The summed E-state index contributed by atoms with van der Waals surface area (Å²) in [7, 11) is -2.95. The number of carbonyl (C=O) groups excluding carboxylic acids is 1. The lowest BCUT2D eigenvalue weighted by Gasteiger charge is -2.08. The van der Waals surface area contributed by atoms with Crippen molar-refractivity contribution in [2.45, 2.75) is 11.8 Å². The molecule has 0 amide bonds. The van der Waals surface area contributed by atoms with Gasteiger partial charge in [-0.15, -0.1) is 0 Å². The van der Waals surface area contributed by atoms with Crippen molar-refractivity contribution < 1.29 is 37.1 Å². The summed E-state index contributed by atoms with van der Waals surface area (Å²) in [6, 6.07) is 13.9. The molecule has 11 heteroatoms. The van der Waals surface area contributed by atoms with Gasteiger partial charge in [0.15, 0.2) is 0 Å². The first-order chi connectivity index (χ1) is 15.6. The van der Waals surface area contributed by atoms with Gasteiger partial charge in [0.1, 0.15) is 17.1 Å². The molecule has 0 aliphatic heterocycles. The largest absolute Gasteiger partial charge is 0.497 e. The van der Waals surface area contributed by atoms with Gasteiger partial charge in [-0.1, -0.05) is 6.07 Å². The molecule has 3 rings (SSSR count). The number of carboxylic acid groups (broad SMARTS) is 1. The third-order valence-electron chi connectivity index (χ3n) is 4.45. The number of hydrogen-bond acceptors (Lipinski definition) is 8. The maximum absolute atomic E-state index is 12.4. The zero-order chi connectivity index (χ0) is 24.2. The number of ether oxygens (including phenoxy) is 2. The van der Waals surface area contributed by atoms with Crippen LogP contribution >= 0.6 is 0 Å². The molecule has 0 radical (unpaired) electrons. The van der Waals surface area contributed by atoms with E-state index in [-0.39, 0.29) is 33.1 Å². The van der Waals surface area contributed by atoms with Gasteiger partial charge in [-0.2, -0.15) is 18.6 Å². The molecule has 0 saturated heterocycles. The maximum atomic E-state index is 12.4. The highest BCUT2D eigenvalue weighted by molar-refractivity contribution is 7.85. The number of carboxylic acids is 1. The summed E-state index contributed by atoms with van der Waals surface area (Å²) in [5, 5.41) is 17.3. The lowest BCUT2D eigenvalue weighted by atomic mass is 10.1. The van der Waals surface area contributed by atoms with Crippen LogP contribution in [-0.4, -0.2) is 37.1 Å². The smallest absolute Gasteiger partial charge is 0.343 e. The number of aromatic carboxylic acids is 1. The van der Waals surface area contributed by atoms with E-state index in [0.29, 0.717) is 11.3 Å². The Kier molecular flexibility index (Phi) is 6.85. The minimum atomic E-state index is -4.44. The fraction of sp³-hybridized carbons (Fsp3) is 0.0909. The Balaban J connectivity index is 1.85. The number of carbonyl (C=O) groups is 2. The Labute approximate surface area is 188 Å². The monoisotopic (exact) mass is 470 g/mol. The normalized spacial score (nSPS) is 11.4. The summed E-state index contributed by atoms with van der Waals surface area (Å²) < 4.78 is 42.4. The first-order valence-electron chi connectivity index (χ1n) is 9.32. The lowest BCUT2D eigenvalue weighted by Crippen LogP contribution is -2.11. The predicted octanol–water partition coefficient (Wildman–Crippen LogP) is 4.58. The molecular formula is C22H18N2O8S. The molecule has 0 fully saturated rings. The first kappa shape index (κ1) is 23.6. The Bertz CT molecular complexity index is 1350. The molecule has 0 atom stereocenters. The zero-order valence-corrected chi connectivity index (χ0v) is 18.2. The quantitative estimate of drug-likeness (QED) is 0.220. The number of benzene rings is 3. The molecule has 0 heterocycles. The van der Waals surface area contributed by atoms with Gasteiger partial charge in [-0.25, -0.2) is 9.59 Å². The minimum Gasteiger partial charge on any atom is -0.497 e. The number of hydrogen-bond donors (Lipinski definition) is 2. The molecule has 3 aromatic rings. The Morgan fingerprint density at radius 1 is 0.909 bits per heavy atom. The van der Waals surface area contributed by atoms with Crippen molar-refractivity contribution in [3.63, 3.8) is 0 Å². The number of azo groups is 1. The van der Waals surface area contributed by atoms with Gasteiger partial charge in [0.05, 0.1) is 28.9 Å². The maximum Gasteiger partial charge on any atom is 0.343 e. The number of nitrogens with zero attached hydrogens (tertiary/aromatic N) is 2. The van der Waals surface area contributed by atoms with Crippen LogP contribution in [-0.2, 0) is 10.1 Å². The van der Waals surface area contributed by atoms with E-state index >= 15 is 0 Å². The highest BCUT2D eigenvalue weighted by Gasteiger charge is 2.17. The van der Waals surface area contributed by atoms with Crippen LogP contribution in [0, 0.1) is 6.92 Å². The summed E-state index contributed by atoms with van der Waals surface area (Å²) in [5.41, 5.74) is 0.444. The second-order valence-corrected chi connectivity index (χ2v) is 8.12. The average Bonchev–Trinajstić information content (AvgIpc) is 2.78. The number of esters is 1. The van der Waals surface area contributed by atoms with Crippen LogP contribution in [0.5, 0.6) is 11.5 Å². The number of rotatable bonds is 7. The van der Waals surface area contributed by atoms with Crippen molar-refractivity contribution >= 4 is 33.4 Å². The molecule has 3 aromatic carbocycles. The van der Waals surface area contributed by atoms with Gasteiger partial charge in [0.2, 0.25) is 0 Å². The van der Waals surface area contributed by atoms with Crippen molar-refractivity contribution in [1.82, 2.24) is 0 Å². The van der Waals surface area contributed by atoms with Crippen LogP contribution in [0.4, 0.5) is 11.4 Å². The van der Waals surface area contributed by atoms with Gasteiger partial charge in [-0.3, -0.25) is 4.55 Å². The van der Waals surface area contributed by atoms with Crippen molar-refractivity contribution in [3.05, 3.63) is 77.4 Å². The lowest BCUT2D eigenvalue weighted by molar-refractivity contribution is 0.0681. The summed E-state index contributed by atoms with van der Waals surface area (Å²) in [6.45, 7) is 1.51. The highest BCUT2D eigenvalue weighted by Crippen LogP contribution is 2.28. The minimum absolute atomic E-state index is 0.116. The van der Waals surface area contributed by atoms with E-state index in [9.17, 15) is 27.7 Å². The van der Waals surface area contributed by atoms with Crippen LogP contribution < -0.4 is 9.47 Å². The SMILES string of the molecule is COc1ccc(C(=O)Oc2ccc(N=Nc3ccc(C)c(S(=O)(=O)O)c3)cc2C(=O)O)cc1. The third-order valence-corrected chi connectivity index (χ3v) is 5.45. The van der Waals surface area contributed by atoms with Gasteiger partial charge in [-0.05, 0) is 67.1 Å². The Hall–Kier alpha value is -4.09. The molecule has 2 N–H and O–H groups in total. The number of methoxy groups -OCH3 is 1. The van der Waals surface area contributed by atoms with E-state index in [1.54, 1.807) is 12.1 Å². The van der Waals surface area contributed by atoms with Crippen LogP contribution in [0.3, 0.4) is 0 Å². The van der Waals surface area contributed by atoms with Crippen molar-refractivity contribution in [1.29, 1.82) is 0 Å². The van der Waals surface area contributed by atoms with Crippen LogP contribution in [0.25, 0.3) is 0 Å². The third kappa shape index (κ3) is 5.79. The summed E-state index contributed by atoms with van der Waals surface area (Å²) >= 11 is 0. The molecule has 0 aliphatic rings. The highest BCUT2D eigenvalue weighted by atomic mass is 32.2. The fourth-order valence-electron chi connectivity index (χ4n) is 2.77. The molecule has 0 unspecified atom stereocenters. The van der Waals surface area contributed by atoms with E-state index < -0.39 is 22.1 Å². The van der Waals surface area contributed by atoms with E-state index in [0.717, 1.165) is 12.1 Å². The van der Waals surface area contributed by atoms with Crippen LogP contribution in [0.1, 0.15) is 26.3 Å². The van der Waals surface area contributed by atoms with E-state index in [1.807, 2.05) is 0 Å². The number of aryl methyl sites for hydroxylation is 1. The second-order valence-electron chi connectivity index (χ2n) is 6.73. The van der Waals surface area contributed by atoms with Crippen LogP contribution in [0.15, 0.2) is 75.8 Å². The molecule has 0 aromatic heterocycles. The van der Waals surface area contributed by atoms with Gasteiger partial charge >= 0.3 is 11.9 Å². The summed E-state index contributed by atoms with van der Waals surface area (Å²) in [6.07, 6.45) is 0. The van der Waals surface area contributed by atoms with Gasteiger partial charge < -0.3 is 14.6 Å². The molecule has 10 nitrogen and oxygen atoms in total. The van der Waals surface area contributed by atoms with Gasteiger partial charge in [0.25, 0.3) is 10.1 Å². The van der Waals surface area contributed by atoms with Crippen molar-refractivity contribution in [2.24, 2.45) is 10.2 Å². The first-order valence-corrected chi connectivity index (χ1v) is 10.8. The summed E-state index contributed by atoms with van der Waals surface area (Å²) in [5.74, 6) is -1.75. The zero-order valence-electron chi connectivity index (χ0n) is 17.4. The topological polar surface area (TPSA) is 152 Å². The second kappa shape index (κ2) is 9.59. The van der Waals surface area contributed by atoms with Crippen molar-refractivity contribution in [3.8, 4) is 11.5 Å². The Morgan fingerprint density at radius 3 is 2.09 bits per heavy atom. The molecule has 170 valence electrons. The average molecular weight is 470 g/mol. The Morgan fingerprint density at radius 2 is 1.52 bits per heavy atom. The van der Waals surface area contributed by atoms with Gasteiger partial charge in [0, 0.05) is 0 Å². The van der Waals surface area contributed by atoms with Crippen LogP contribution in [0.2, 0.25) is 0 Å².